The van der Waals surface area contributed by atoms with Crippen molar-refractivity contribution in [1.82, 2.24) is 0 Å². The van der Waals surface area contributed by atoms with Gasteiger partial charge in [0.15, 0.2) is 6.07 Å². The number of rotatable bonds is 12. The summed E-state index contributed by atoms with van der Waals surface area (Å²) >= 11 is 0. The monoisotopic (exact) mass is 783 g/mol. The number of hydrogen-bond acceptors (Lipinski definition) is 4. The molecule has 0 fully saturated rings. The zero-order valence-corrected chi connectivity index (χ0v) is 33.0. The van der Waals surface area contributed by atoms with Crippen molar-refractivity contribution in [2.45, 2.75) is 51.0 Å². The predicted octanol–water partition coefficient (Wildman–Crippen LogP) is 7.49. The molecule has 6 aromatic rings. The molecule has 0 bridgehead atoms. The standard InChI is InChI=1S/2C18H15B.C7H7N3.C6H8N2.Ni/c2*1-4-10-16(11-5-1)19(17-12-6-2-7-13-17)18-14-8-3-9-15-18;1-10-7(6-9)4-2-3-5-8;7-5-3-1-2-4-6-8;/h2*1-15H;7H,2-4H2;1-4H2;/q;;;;+2. The Morgan fingerprint density at radius 3 is 0.825 bits per heavy atom. The van der Waals surface area contributed by atoms with Gasteiger partial charge in [0.25, 0.3) is 0 Å². The van der Waals surface area contributed by atoms with E-state index in [9.17, 15) is 0 Å². The third-order valence-electron chi connectivity index (χ3n) is 8.70. The van der Waals surface area contributed by atoms with Crippen molar-refractivity contribution < 1.29 is 16.5 Å². The Kier molecular flexibility index (Phi) is 24.3. The Hall–Kier alpha value is -6.61. The molecule has 1 atom stereocenters. The van der Waals surface area contributed by atoms with Crippen LogP contribution in [0, 0.1) is 51.9 Å². The molecule has 0 radical (unpaired) electrons. The van der Waals surface area contributed by atoms with E-state index >= 15 is 0 Å². The van der Waals surface area contributed by atoms with Crippen LogP contribution in [0.5, 0.6) is 0 Å². The van der Waals surface area contributed by atoms with Gasteiger partial charge in [0.05, 0.1) is 18.2 Å². The average Bonchev–Trinajstić information content (AvgIpc) is 3.27. The third kappa shape index (κ3) is 17.6. The van der Waals surface area contributed by atoms with E-state index in [0.29, 0.717) is 45.5 Å². The molecule has 0 aliphatic rings. The molecular weight excluding hydrogens is 739 g/mol. The third-order valence-corrected chi connectivity index (χ3v) is 8.70. The van der Waals surface area contributed by atoms with E-state index in [-0.39, 0.29) is 16.5 Å². The van der Waals surface area contributed by atoms with Gasteiger partial charge in [-0.25, -0.2) is 6.57 Å². The summed E-state index contributed by atoms with van der Waals surface area (Å²) in [5, 5.41) is 32.5. The normalized spacial score (nSPS) is 9.60. The summed E-state index contributed by atoms with van der Waals surface area (Å²) in [5.74, 6) is 0. The molecule has 0 heterocycles. The van der Waals surface area contributed by atoms with Crippen molar-refractivity contribution in [2.75, 3.05) is 0 Å². The van der Waals surface area contributed by atoms with Crippen LogP contribution in [-0.4, -0.2) is 19.5 Å². The molecule has 6 aromatic carbocycles. The number of nitriles is 4. The molecule has 0 amide bonds. The molecule has 0 spiro atoms. The Bertz CT molecular complexity index is 1800. The number of benzene rings is 6. The van der Waals surface area contributed by atoms with Crippen LogP contribution in [0.3, 0.4) is 0 Å². The van der Waals surface area contributed by atoms with Crippen LogP contribution in [-0.2, 0) is 16.5 Å². The van der Waals surface area contributed by atoms with Gasteiger partial charge in [-0.3, -0.25) is 4.85 Å². The van der Waals surface area contributed by atoms with Crippen LogP contribution in [0.2, 0.25) is 0 Å². The second-order valence-electron chi connectivity index (χ2n) is 12.7. The van der Waals surface area contributed by atoms with Gasteiger partial charge in [-0.05, 0) is 19.3 Å². The zero-order chi connectivity index (χ0) is 39.9. The molecule has 0 aliphatic heterocycles. The first kappa shape index (κ1) is 46.5. The predicted molar refractivity (Wildman–Crippen MR) is 233 cm³/mol. The fourth-order valence-electron chi connectivity index (χ4n) is 5.97. The maximum atomic E-state index is 8.28. The Morgan fingerprint density at radius 1 is 0.404 bits per heavy atom. The quantitative estimate of drug-likeness (QED) is 0.0730. The van der Waals surface area contributed by atoms with Gasteiger partial charge in [0, 0.05) is 25.7 Å². The molecule has 6 rings (SSSR count). The van der Waals surface area contributed by atoms with Crippen molar-refractivity contribution in [3.05, 3.63) is 193 Å². The summed E-state index contributed by atoms with van der Waals surface area (Å²) < 4.78 is 0. The van der Waals surface area contributed by atoms with Gasteiger partial charge < -0.3 is 0 Å². The molecule has 0 aliphatic carbocycles. The van der Waals surface area contributed by atoms with E-state index in [1.54, 1.807) is 0 Å². The number of unbranched alkanes of at least 4 members (excludes halogenated alkanes) is 4. The van der Waals surface area contributed by atoms with E-state index in [1.165, 1.54) is 32.8 Å². The molecule has 5 nitrogen and oxygen atoms in total. The second kappa shape index (κ2) is 29.7. The molecule has 1 unspecified atom stereocenters. The fourth-order valence-corrected chi connectivity index (χ4v) is 5.97. The molecule has 0 N–H and O–H groups in total. The van der Waals surface area contributed by atoms with Crippen LogP contribution < -0.4 is 32.8 Å². The van der Waals surface area contributed by atoms with Crippen LogP contribution in [0.1, 0.15) is 44.9 Å². The molecule has 0 aromatic heterocycles. The molecule has 0 saturated carbocycles. The molecular formula is C49H45B2N5Ni+2. The van der Waals surface area contributed by atoms with Crippen LogP contribution in [0.25, 0.3) is 4.85 Å². The summed E-state index contributed by atoms with van der Waals surface area (Å²) in [6.45, 7) is 7.13. The zero-order valence-electron chi connectivity index (χ0n) is 32.1. The summed E-state index contributed by atoms with van der Waals surface area (Å²) in [5.41, 5.74) is 8.00. The fraction of sp³-hybridized carbons (Fsp3) is 0.163. The van der Waals surface area contributed by atoms with Crippen LogP contribution in [0.4, 0.5) is 0 Å². The maximum Gasteiger partial charge on any atom is 2.00 e. The Labute approximate surface area is 350 Å². The maximum absolute atomic E-state index is 8.28. The first-order chi connectivity index (χ1) is 27.7. The van der Waals surface area contributed by atoms with E-state index in [4.69, 9.17) is 27.6 Å². The summed E-state index contributed by atoms with van der Waals surface area (Å²) in [4.78, 5) is 3.06. The number of hydrogen-bond donors (Lipinski definition) is 0. The molecule has 57 heavy (non-hydrogen) atoms. The molecule has 280 valence electrons. The Morgan fingerprint density at radius 2 is 0.632 bits per heavy atom. The van der Waals surface area contributed by atoms with E-state index < -0.39 is 6.04 Å². The SMILES string of the molecule is N#CCCCCC#N.[C-]#[N+]C(C#N)CCCC#N.[Ni+2].c1ccc(B(c2ccccc2)c2ccccc2)cc1.c1ccc(B(c2ccccc2)c2ccccc2)cc1. The largest absolute Gasteiger partial charge is 2.00 e. The molecule has 8 heteroatoms. The molecule has 0 saturated heterocycles. The van der Waals surface area contributed by atoms with Crippen molar-refractivity contribution in [3.63, 3.8) is 0 Å². The van der Waals surface area contributed by atoms with E-state index in [1.807, 2.05) is 24.3 Å². The summed E-state index contributed by atoms with van der Waals surface area (Å²) in [6.07, 6.45) is 4.51. The van der Waals surface area contributed by atoms with Crippen molar-refractivity contribution in [2.24, 2.45) is 0 Å². The average molecular weight is 784 g/mol. The van der Waals surface area contributed by atoms with Crippen molar-refractivity contribution in [3.8, 4) is 24.3 Å². The Balaban J connectivity index is 0.000000278. The smallest absolute Gasteiger partial charge is 0.297 e. The first-order valence-electron chi connectivity index (χ1n) is 18.8. The summed E-state index contributed by atoms with van der Waals surface area (Å²) in [6, 6.07) is 71.3. The van der Waals surface area contributed by atoms with Crippen molar-refractivity contribution >= 4 is 46.2 Å². The minimum absolute atomic E-state index is 0. The number of nitrogens with zero attached hydrogens (tertiary/aromatic N) is 5. The van der Waals surface area contributed by atoms with E-state index in [0.717, 1.165) is 12.8 Å². The van der Waals surface area contributed by atoms with Gasteiger partial charge in [-0.1, -0.05) is 215 Å². The van der Waals surface area contributed by atoms with Crippen LogP contribution in [0.15, 0.2) is 182 Å². The topological polar surface area (TPSA) is 99.5 Å². The summed E-state index contributed by atoms with van der Waals surface area (Å²) in [7, 11) is 0. The minimum atomic E-state index is -0.548. The van der Waals surface area contributed by atoms with Gasteiger partial charge >= 0.3 is 22.5 Å². The second-order valence-corrected chi connectivity index (χ2v) is 12.7. The van der Waals surface area contributed by atoms with Crippen LogP contribution >= 0.6 is 0 Å². The van der Waals surface area contributed by atoms with Gasteiger partial charge in [0.2, 0.25) is 13.4 Å². The van der Waals surface area contributed by atoms with Gasteiger partial charge in [-0.15, -0.1) is 0 Å². The van der Waals surface area contributed by atoms with Gasteiger partial charge in [-0.2, -0.15) is 21.0 Å². The first-order valence-corrected chi connectivity index (χ1v) is 18.8. The van der Waals surface area contributed by atoms with Gasteiger partial charge in [0.1, 0.15) is 0 Å². The van der Waals surface area contributed by atoms with Crippen molar-refractivity contribution in [1.29, 1.82) is 21.0 Å². The van der Waals surface area contributed by atoms with E-state index in [2.05, 4.69) is 187 Å². The minimum Gasteiger partial charge on any atom is -0.297 e.